The number of nitrogens with zero attached hydrogens (tertiary/aromatic N) is 1. The average Bonchev–Trinajstić information content (AvgIpc) is 3.11. The fourth-order valence-electron chi connectivity index (χ4n) is 6.08. The molecular formula is C23H26N2O4. The van der Waals surface area contributed by atoms with Gasteiger partial charge < -0.3 is 14.5 Å². The Labute approximate surface area is 169 Å². The largest absolute Gasteiger partial charge is 0.468 e. The Morgan fingerprint density at radius 1 is 1.34 bits per heavy atom. The summed E-state index contributed by atoms with van der Waals surface area (Å²) in [4.78, 5) is 31.1. The third-order valence-electron chi connectivity index (χ3n) is 7.32. The van der Waals surface area contributed by atoms with Crippen molar-refractivity contribution in [2.24, 2.45) is 11.3 Å². The minimum Gasteiger partial charge on any atom is -0.468 e. The molecule has 6 nitrogen and oxygen atoms in total. The first kappa shape index (κ1) is 18.4. The fraction of sp³-hybridized carbons (Fsp3) is 0.478. The van der Waals surface area contributed by atoms with E-state index in [1.165, 1.54) is 36.3 Å². The molecule has 1 N–H and O–H groups in total. The summed E-state index contributed by atoms with van der Waals surface area (Å²) in [6.45, 7) is 4.31. The first-order chi connectivity index (χ1) is 14.0. The highest BCUT2D eigenvalue weighted by molar-refractivity contribution is 5.86. The van der Waals surface area contributed by atoms with Crippen molar-refractivity contribution in [2.75, 3.05) is 20.3 Å². The Morgan fingerprint density at radius 2 is 2.14 bits per heavy atom. The molecule has 0 amide bonds. The summed E-state index contributed by atoms with van der Waals surface area (Å²) < 4.78 is 10.8. The number of aromatic nitrogens is 1. The highest BCUT2D eigenvalue weighted by Gasteiger charge is 2.65. The number of fused-ring (bicyclic) bond motifs is 4. The lowest BCUT2D eigenvalue weighted by Crippen LogP contribution is -2.70. The van der Waals surface area contributed by atoms with Gasteiger partial charge in [-0.2, -0.15) is 0 Å². The van der Waals surface area contributed by atoms with Crippen molar-refractivity contribution >= 4 is 22.8 Å². The van der Waals surface area contributed by atoms with Crippen molar-refractivity contribution < 1.29 is 19.1 Å². The summed E-state index contributed by atoms with van der Waals surface area (Å²) in [5.41, 5.74) is 4.04. The van der Waals surface area contributed by atoms with E-state index in [1.54, 1.807) is 0 Å². The maximum absolute atomic E-state index is 13.3. The number of piperidine rings is 3. The van der Waals surface area contributed by atoms with Gasteiger partial charge in [0.05, 0.1) is 13.2 Å². The molecule has 6 heteroatoms. The topological polar surface area (TPSA) is 71.6 Å². The molecule has 0 aliphatic carbocycles. The second-order valence-electron chi connectivity index (χ2n) is 8.43. The normalized spacial score (nSPS) is 33.6. The zero-order valence-corrected chi connectivity index (χ0v) is 17.0. The minimum atomic E-state index is -0.882. The molecule has 29 heavy (non-hydrogen) atoms. The van der Waals surface area contributed by atoms with Crippen LogP contribution in [0.2, 0.25) is 0 Å². The van der Waals surface area contributed by atoms with Gasteiger partial charge >= 0.3 is 11.9 Å². The standard InChI is InChI=1S/C23H26N2O4/c1-4-14-11-25-19-10-17(14)23(22(27)28-3,12-29-13(2)26)20(25)9-16-15-7-5-6-8-18(15)24-21(16)19/h4-8,17,19-20,24H,9-12H2,1-3H3/b14-4+. The third-order valence-corrected chi connectivity index (χ3v) is 7.32. The molecule has 0 saturated carbocycles. The van der Waals surface area contributed by atoms with Gasteiger partial charge in [0.15, 0.2) is 0 Å². The van der Waals surface area contributed by atoms with Crippen LogP contribution < -0.4 is 0 Å². The molecule has 4 bridgehead atoms. The number of hydrogen-bond donors (Lipinski definition) is 1. The van der Waals surface area contributed by atoms with Crippen LogP contribution in [0, 0.1) is 11.3 Å². The molecule has 5 heterocycles. The number of allylic oxidation sites excluding steroid dienone is 1. The van der Waals surface area contributed by atoms with Gasteiger partial charge in [-0.15, -0.1) is 0 Å². The number of rotatable bonds is 3. The summed E-state index contributed by atoms with van der Waals surface area (Å²) in [7, 11) is 1.43. The Balaban J connectivity index is 1.69. The van der Waals surface area contributed by atoms with E-state index in [4.69, 9.17) is 9.47 Å². The van der Waals surface area contributed by atoms with Crippen LogP contribution in [0.5, 0.6) is 0 Å². The molecule has 152 valence electrons. The predicted octanol–water partition coefficient (Wildman–Crippen LogP) is 3.14. The number of carbonyl (C=O) groups is 2. The lowest BCUT2D eigenvalue weighted by Gasteiger charge is -2.62. The highest BCUT2D eigenvalue weighted by atomic mass is 16.5. The van der Waals surface area contributed by atoms with Crippen molar-refractivity contribution in [3.05, 3.63) is 47.2 Å². The number of carbonyl (C=O) groups excluding carboxylic acids is 2. The molecule has 6 rings (SSSR count). The number of benzene rings is 1. The fourth-order valence-corrected chi connectivity index (χ4v) is 6.08. The van der Waals surface area contributed by atoms with E-state index in [9.17, 15) is 9.59 Å². The van der Waals surface area contributed by atoms with Crippen LogP contribution in [0.15, 0.2) is 35.9 Å². The third kappa shape index (κ3) is 2.38. The molecule has 3 saturated heterocycles. The van der Waals surface area contributed by atoms with Crippen LogP contribution in [0.25, 0.3) is 10.9 Å². The van der Waals surface area contributed by atoms with Crippen LogP contribution in [0.1, 0.15) is 37.6 Å². The molecule has 5 unspecified atom stereocenters. The summed E-state index contributed by atoms with van der Waals surface area (Å²) >= 11 is 0. The first-order valence-electron chi connectivity index (χ1n) is 10.2. The van der Waals surface area contributed by atoms with E-state index >= 15 is 0 Å². The van der Waals surface area contributed by atoms with Gasteiger partial charge in [-0.25, -0.2) is 0 Å². The van der Waals surface area contributed by atoms with E-state index in [0.717, 1.165) is 24.9 Å². The van der Waals surface area contributed by atoms with E-state index < -0.39 is 5.41 Å². The summed E-state index contributed by atoms with van der Waals surface area (Å²) in [5, 5.41) is 1.22. The summed E-state index contributed by atoms with van der Waals surface area (Å²) in [6.07, 6.45) is 3.66. The van der Waals surface area contributed by atoms with Crippen molar-refractivity contribution in [1.82, 2.24) is 9.88 Å². The smallest absolute Gasteiger partial charge is 0.317 e. The molecule has 4 aliphatic rings. The Hall–Kier alpha value is -2.60. The lowest BCUT2D eigenvalue weighted by atomic mass is 9.55. The Morgan fingerprint density at radius 3 is 2.86 bits per heavy atom. The number of methoxy groups -OCH3 is 1. The zero-order chi connectivity index (χ0) is 20.3. The Kier molecular flexibility index (Phi) is 4.10. The average molecular weight is 394 g/mol. The molecule has 2 aromatic rings. The second-order valence-corrected chi connectivity index (χ2v) is 8.43. The SMILES string of the molecule is C/C=C1\CN2C3CC1C(COC(C)=O)(C(=O)OC)C2Cc1c3[nH]c2ccccc12. The first-order valence-corrected chi connectivity index (χ1v) is 10.2. The van der Waals surface area contributed by atoms with Crippen LogP contribution in [-0.2, 0) is 25.5 Å². The number of ether oxygens (including phenoxy) is 2. The summed E-state index contributed by atoms with van der Waals surface area (Å²) in [6, 6.07) is 8.52. The highest BCUT2D eigenvalue weighted by Crippen LogP contribution is 2.59. The molecule has 0 radical (unpaired) electrons. The zero-order valence-electron chi connectivity index (χ0n) is 17.0. The molecule has 1 aromatic heterocycles. The number of H-pyrrole nitrogens is 1. The maximum atomic E-state index is 13.3. The molecule has 0 spiro atoms. The van der Waals surface area contributed by atoms with Gasteiger partial charge in [0.1, 0.15) is 12.0 Å². The summed E-state index contributed by atoms with van der Waals surface area (Å²) in [5.74, 6) is -0.648. The van der Waals surface area contributed by atoms with E-state index in [2.05, 4.69) is 34.2 Å². The molecular weight excluding hydrogens is 368 g/mol. The van der Waals surface area contributed by atoms with Gasteiger partial charge in [0.2, 0.25) is 0 Å². The van der Waals surface area contributed by atoms with Crippen LogP contribution in [0.3, 0.4) is 0 Å². The second kappa shape index (κ2) is 6.46. The van der Waals surface area contributed by atoms with Gasteiger partial charge in [-0.1, -0.05) is 29.8 Å². The minimum absolute atomic E-state index is 0.00105. The van der Waals surface area contributed by atoms with Crippen LogP contribution >= 0.6 is 0 Å². The lowest BCUT2D eigenvalue weighted by molar-refractivity contribution is -0.188. The maximum Gasteiger partial charge on any atom is 0.317 e. The molecule has 5 atom stereocenters. The van der Waals surface area contributed by atoms with E-state index in [-0.39, 0.29) is 36.5 Å². The monoisotopic (exact) mass is 394 g/mol. The Bertz CT molecular complexity index is 1040. The number of esters is 2. The number of nitrogens with one attached hydrogen (secondary N) is 1. The quantitative estimate of drug-likeness (QED) is 0.640. The number of para-hydroxylation sites is 1. The van der Waals surface area contributed by atoms with Crippen molar-refractivity contribution in [3.8, 4) is 0 Å². The molecule has 3 fully saturated rings. The van der Waals surface area contributed by atoms with E-state index in [1.807, 2.05) is 13.0 Å². The van der Waals surface area contributed by atoms with Crippen molar-refractivity contribution in [2.45, 2.75) is 38.8 Å². The van der Waals surface area contributed by atoms with Crippen LogP contribution in [-0.4, -0.2) is 48.1 Å². The predicted molar refractivity (Wildman–Crippen MR) is 108 cm³/mol. The van der Waals surface area contributed by atoms with E-state index in [0.29, 0.717) is 0 Å². The van der Waals surface area contributed by atoms with Gasteiger partial charge in [0.25, 0.3) is 0 Å². The van der Waals surface area contributed by atoms with Crippen molar-refractivity contribution in [1.29, 1.82) is 0 Å². The van der Waals surface area contributed by atoms with Crippen molar-refractivity contribution in [3.63, 3.8) is 0 Å². The number of aromatic amines is 1. The van der Waals surface area contributed by atoms with Gasteiger partial charge in [-0.3, -0.25) is 14.5 Å². The molecule has 1 aromatic carbocycles. The number of hydrogen-bond acceptors (Lipinski definition) is 5. The van der Waals surface area contributed by atoms with Gasteiger partial charge in [0, 0.05) is 42.0 Å². The molecule has 4 aliphatic heterocycles. The van der Waals surface area contributed by atoms with Gasteiger partial charge in [-0.05, 0) is 31.4 Å². The van der Waals surface area contributed by atoms with Crippen LogP contribution in [0.4, 0.5) is 0 Å².